The molecule has 1 amide bonds. The molecule has 0 saturated carbocycles. The van der Waals surface area contributed by atoms with Crippen LogP contribution in [0.3, 0.4) is 0 Å². The molecule has 0 radical (unpaired) electrons. The molecule has 1 fully saturated rings. The number of carbonyl (C=O) groups excluding carboxylic acids is 1. The van der Waals surface area contributed by atoms with Crippen LogP contribution in [-0.2, 0) is 6.18 Å². The molecule has 0 aliphatic carbocycles. The van der Waals surface area contributed by atoms with Gasteiger partial charge >= 0.3 is 6.18 Å². The molecule has 7 heteroatoms. The van der Waals surface area contributed by atoms with Crippen molar-refractivity contribution >= 4 is 5.91 Å². The topological polar surface area (TPSA) is 45.2 Å². The second-order valence-corrected chi connectivity index (χ2v) is 5.11. The molecule has 1 aromatic heterocycles. The van der Waals surface area contributed by atoms with Crippen molar-refractivity contribution in [3.8, 4) is 0 Å². The Bertz CT molecular complexity index is 477. The van der Waals surface area contributed by atoms with E-state index in [-0.39, 0.29) is 23.6 Å². The first-order valence-electron chi connectivity index (χ1n) is 6.36. The lowest BCUT2D eigenvalue weighted by Gasteiger charge is -2.36. The van der Waals surface area contributed by atoms with Crippen molar-refractivity contribution in [3.05, 3.63) is 29.6 Å². The Labute approximate surface area is 115 Å². The molecule has 2 unspecified atom stereocenters. The zero-order valence-electron chi connectivity index (χ0n) is 11.2. The van der Waals surface area contributed by atoms with E-state index in [0.29, 0.717) is 13.1 Å². The van der Waals surface area contributed by atoms with Crippen LogP contribution in [0.15, 0.2) is 18.3 Å². The van der Waals surface area contributed by atoms with E-state index in [0.717, 1.165) is 12.3 Å². The zero-order chi connectivity index (χ0) is 14.9. The molecule has 1 aromatic rings. The van der Waals surface area contributed by atoms with E-state index in [1.807, 2.05) is 13.8 Å². The summed E-state index contributed by atoms with van der Waals surface area (Å²) < 4.78 is 37.2. The molecule has 1 N–H and O–H groups in total. The number of piperazine rings is 1. The number of amides is 1. The molecule has 0 aromatic carbocycles. The molecule has 0 bridgehead atoms. The minimum atomic E-state index is -4.49. The quantitative estimate of drug-likeness (QED) is 0.858. The maximum atomic E-state index is 12.4. The maximum absolute atomic E-state index is 12.4. The van der Waals surface area contributed by atoms with E-state index in [1.165, 1.54) is 6.07 Å². The van der Waals surface area contributed by atoms with Gasteiger partial charge in [0.05, 0.1) is 5.56 Å². The third kappa shape index (κ3) is 3.27. The monoisotopic (exact) mass is 287 g/mol. The molecule has 110 valence electrons. The van der Waals surface area contributed by atoms with Gasteiger partial charge in [0.15, 0.2) is 0 Å². The molecule has 20 heavy (non-hydrogen) atoms. The fourth-order valence-electron chi connectivity index (χ4n) is 2.36. The highest BCUT2D eigenvalue weighted by Gasteiger charge is 2.33. The summed E-state index contributed by atoms with van der Waals surface area (Å²) in [6.07, 6.45) is -3.50. The molecule has 2 rings (SSSR count). The summed E-state index contributed by atoms with van der Waals surface area (Å²) in [5.74, 6) is -0.286. The Morgan fingerprint density at radius 1 is 1.30 bits per heavy atom. The van der Waals surface area contributed by atoms with Gasteiger partial charge in [-0.25, -0.2) is 0 Å². The van der Waals surface area contributed by atoms with Gasteiger partial charge in [0.25, 0.3) is 5.91 Å². The largest absolute Gasteiger partial charge is 0.433 e. The summed E-state index contributed by atoms with van der Waals surface area (Å²) in [6, 6.07) is 2.33. The smallest absolute Gasteiger partial charge is 0.335 e. The summed E-state index contributed by atoms with van der Waals surface area (Å²) >= 11 is 0. The van der Waals surface area contributed by atoms with E-state index in [1.54, 1.807) is 4.90 Å². The summed E-state index contributed by atoms with van der Waals surface area (Å²) in [7, 11) is 0. The van der Waals surface area contributed by atoms with Crippen LogP contribution in [0.1, 0.15) is 29.9 Å². The predicted molar refractivity (Wildman–Crippen MR) is 67.2 cm³/mol. The molecule has 2 heterocycles. The number of rotatable bonds is 1. The lowest BCUT2D eigenvalue weighted by Crippen LogP contribution is -2.55. The van der Waals surface area contributed by atoms with Gasteiger partial charge in [0.2, 0.25) is 0 Å². The van der Waals surface area contributed by atoms with E-state index in [2.05, 4.69) is 10.3 Å². The van der Waals surface area contributed by atoms with Gasteiger partial charge in [-0.1, -0.05) is 0 Å². The summed E-state index contributed by atoms with van der Waals surface area (Å²) in [4.78, 5) is 17.2. The van der Waals surface area contributed by atoms with Crippen LogP contribution >= 0.6 is 0 Å². The summed E-state index contributed by atoms with van der Waals surface area (Å²) in [5.41, 5.74) is -0.810. The van der Waals surface area contributed by atoms with E-state index in [9.17, 15) is 18.0 Å². The van der Waals surface area contributed by atoms with E-state index in [4.69, 9.17) is 0 Å². The number of aromatic nitrogens is 1. The Balaban J connectivity index is 2.13. The van der Waals surface area contributed by atoms with Gasteiger partial charge in [-0.15, -0.1) is 0 Å². The van der Waals surface area contributed by atoms with Gasteiger partial charge in [-0.05, 0) is 26.0 Å². The summed E-state index contributed by atoms with van der Waals surface area (Å²) in [5, 5.41) is 3.29. The average molecular weight is 287 g/mol. The number of carbonyl (C=O) groups is 1. The lowest BCUT2D eigenvalue weighted by atomic mass is 10.1. The van der Waals surface area contributed by atoms with Crippen LogP contribution in [0, 0.1) is 0 Å². The molecule has 0 spiro atoms. The first-order valence-corrected chi connectivity index (χ1v) is 6.36. The van der Waals surface area contributed by atoms with Crippen LogP contribution in [0.25, 0.3) is 0 Å². The fraction of sp³-hybridized carbons (Fsp3) is 0.538. The Hall–Kier alpha value is -1.63. The minimum absolute atomic E-state index is 0.158. The Kier molecular flexibility index (Phi) is 3.99. The second-order valence-electron chi connectivity index (χ2n) is 5.11. The zero-order valence-corrected chi connectivity index (χ0v) is 11.2. The van der Waals surface area contributed by atoms with E-state index >= 15 is 0 Å². The van der Waals surface area contributed by atoms with Crippen molar-refractivity contribution in [1.82, 2.24) is 15.2 Å². The average Bonchev–Trinajstić information content (AvgIpc) is 2.36. The van der Waals surface area contributed by atoms with Crippen LogP contribution in [0.2, 0.25) is 0 Å². The predicted octanol–water partition coefficient (Wildman–Crippen LogP) is 1.92. The van der Waals surface area contributed by atoms with Crippen LogP contribution in [0.4, 0.5) is 13.2 Å². The van der Waals surface area contributed by atoms with Gasteiger partial charge in [-0.3, -0.25) is 9.78 Å². The number of alkyl halides is 3. The van der Waals surface area contributed by atoms with Crippen molar-refractivity contribution in [3.63, 3.8) is 0 Å². The van der Waals surface area contributed by atoms with Gasteiger partial charge in [0, 0.05) is 31.4 Å². The van der Waals surface area contributed by atoms with Crippen molar-refractivity contribution in [1.29, 1.82) is 0 Å². The van der Waals surface area contributed by atoms with Crippen molar-refractivity contribution < 1.29 is 18.0 Å². The van der Waals surface area contributed by atoms with Gasteiger partial charge < -0.3 is 10.2 Å². The molecular weight excluding hydrogens is 271 g/mol. The minimum Gasteiger partial charge on any atom is -0.335 e. The fourth-order valence-corrected chi connectivity index (χ4v) is 2.36. The van der Waals surface area contributed by atoms with Gasteiger partial charge in [-0.2, -0.15) is 13.2 Å². The molecule has 1 saturated heterocycles. The van der Waals surface area contributed by atoms with Crippen LogP contribution in [0.5, 0.6) is 0 Å². The normalized spacial score (nSPS) is 23.8. The highest BCUT2D eigenvalue weighted by molar-refractivity contribution is 5.94. The van der Waals surface area contributed by atoms with Crippen LogP contribution < -0.4 is 5.32 Å². The number of hydrogen-bond donors (Lipinski definition) is 1. The van der Waals surface area contributed by atoms with Crippen molar-refractivity contribution in [2.24, 2.45) is 0 Å². The second kappa shape index (κ2) is 5.40. The highest BCUT2D eigenvalue weighted by Crippen LogP contribution is 2.27. The Morgan fingerprint density at radius 3 is 2.35 bits per heavy atom. The van der Waals surface area contributed by atoms with Crippen LogP contribution in [-0.4, -0.2) is 41.0 Å². The number of hydrogen-bond acceptors (Lipinski definition) is 3. The van der Waals surface area contributed by atoms with E-state index < -0.39 is 11.9 Å². The molecule has 1 aliphatic heterocycles. The Morgan fingerprint density at radius 2 is 1.90 bits per heavy atom. The molecule has 4 nitrogen and oxygen atoms in total. The third-order valence-corrected chi connectivity index (χ3v) is 3.15. The molecule has 1 aliphatic rings. The van der Waals surface area contributed by atoms with Crippen molar-refractivity contribution in [2.45, 2.75) is 32.1 Å². The number of halogens is 3. The number of nitrogens with one attached hydrogen (secondary N) is 1. The SMILES string of the molecule is CC1CN(C(=O)c2ccc(C(F)(F)F)nc2)CC(C)N1. The van der Waals surface area contributed by atoms with Crippen molar-refractivity contribution in [2.75, 3.05) is 13.1 Å². The lowest BCUT2D eigenvalue weighted by molar-refractivity contribution is -0.141. The first-order chi connectivity index (χ1) is 9.27. The number of nitrogens with zero attached hydrogens (tertiary/aromatic N) is 2. The van der Waals surface area contributed by atoms with Gasteiger partial charge in [0.1, 0.15) is 5.69 Å². The summed E-state index contributed by atoms with van der Waals surface area (Å²) in [6.45, 7) is 4.98. The third-order valence-electron chi connectivity index (χ3n) is 3.15. The molecule has 2 atom stereocenters. The first kappa shape index (κ1) is 14.8. The number of pyridine rings is 1. The highest BCUT2D eigenvalue weighted by atomic mass is 19.4. The maximum Gasteiger partial charge on any atom is 0.433 e. The standard InChI is InChI=1S/C13H16F3N3O/c1-8-6-19(7-9(2)18-8)12(20)10-3-4-11(17-5-10)13(14,15)16/h3-5,8-9,18H,6-7H2,1-2H3. The molecular formula is C13H16F3N3O.